The maximum absolute atomic E-state index is 12.0. The number of carbonyl (C=O) groups excluding carboxylic acids is 1. The van der Waals surface area contributed by atoms with Crippen LogP contribution >= 0.6 is 11.6 Å². The minimum absolute atomic E-state index is 0.132. The molecule has 2 aromatic rings. The summed E-state index contributed by atoms with van der Waals surface area (Å²) in [6.07, 6.45) is 8.90. The second-order valence-corrected chi connectivity index (χ2v) is 6.29. The first-order chi connectivity index (χ1) is 10.0. The molecule has 21 heavy (non-hydrogen) atoms. The Morgan fingerprint density at radius 1 is 1.52 bits per heavy atom. The van der Waals surface area contributed by atoms with Gasteiger partial charge in [0.05, 0.1) is 18.7 Å². The summed E-state index contributed by atoms with van der Waals surface area (Å²) in [5, 5.41) is 0.447. The second kappa shape index (κ2) is 5.30. The van der Waals surface area contributed by atoms with Crippen LogP contribution in [-0.4, -0.2) is 27.4 Å². The molecule has 0 saturated heterocycles. The molecular weight excluding hydrogens is 290 g/mol. The average molecular weight is 308 g/mol. The van der Waals surface area contributed by atoms with Crippen molar-refractivity contribution < 1.29 is 9.53 Å². The fourth-order valence-corrected chi connectivity index (χ4v) is 3.55. The third kappa shape index (κ3) is 2.39. The van der Waals surface area contributed by atoms with Crippen LogP contribution in [-0.2, 0) is 9.53 Å². The van der Waals surface area contributed by atoms with Gasteiger partial charge in [0, 0.05) is 18.3 Å². The summed E-state index contributed by atoms with van der Waals surface area (Å²) in [6, 6.07) is 0. The zero-order valence-electron chi connectivity index (χ0n) is 12.2. The van der Waals surface area contributed by atoms with E-state index in [9.17, 15) is 4.79 Å². The van der Waals surface area contributed by atoms with Crippen molar-refractivity contribution in [2.24, 2.45) is 5.41 Å². The zero-order valence-corrected chi connectivity index (χ0v) is 12.9. The molecule has 0 N–H and O–H groups in total. The number of methoxy groups -OCH3 is 1. The van der Waals surface area contributed by atoms with Gasteiger partial charge < -0.3 is 4.74 Å². The highest BCUT2D eigenvalue weighted by molar-refractivity contribution is 6.32. The van der Waals surface area contributed by atoms with Gasteiger partial charge in [-0.3, -0.25) is 9.20 Å². The van der Waals surface area contributed by atoms with Crippen LogP contribution in [0.4, 0.5) is 0 Å². The maximum Gasteiger partial charge on any atom is 0.311 e. The van der Waals surface area contributed by atoms with E-state index in [1.54, 1.807) is 12.4 Å². The Labute approximate surface area is 128 Å². The van der Waals surface area contributed by atoms with Crippen LogP contribution in [0.2, 0.25) is 5.15 Å². The predicted octanol–water partition coefficient (Wildman–Crippen LogP) is 3.22. The minimum atomic E-state index is -0.430. The van der Waals surface area contributed by atoms with Crippen molar-refractivity contribution in [2.45, 2.75) is 38.5 Å². The number of hydrogen-bond donors (Lipinski definition) is 0. The van der Waals surface area contributed by atoms with Crippen LogP contribution in [0.25, 0.3) is 5.52 Å². The van der Waals surface area contributed by atoms with E-state index in [4.69, 9.17) is 16.3 Å². The van der Waals surface area contributed by atoms with Gasteiger partial charge in [-0.1, -0.05) is 18.0 Å². The number of hydrogen-bond acceptors (Lipinski definition) is 4. The van der Waals surface area contributed by atoms with Crippen LogP contribution in [0.15, 0.2) is 18.6 Å². The van der Waals surface area contributed by atoms with Gasteiger partial charge in [0.1, 0.15) is 11.3 Å². The normalized spacial score (nSPS) is 26.0. The second-order valence-electron chi connectivity index (χ2n) is 5.94. The molecule has 2 unspecified atom stereocenters. The number of rotatable bonds is 2. The van der Waals surface area contributed by atoms with Crippen LogP contribution in [0.5, 0.6) is 0 Å². The van der Waals surface area contributed by atoms with E-state index in [1.807, 2.05) is 17.5 Å². The molecule has 5 nitrogen and oxygen atoms in total. The highest BCUT2D eigenvalue weighted by atomic mass is 35.5. The lowest BCUT2D eigenvalue weighted by Crippen LogP contribution is -2.34. The molecule has 2 atom stereocenters. The first-order valence-corrected chi connectivity index (χ1v) is 7.49. The Hall–Kier alpha value is -1.62. The predicted molar refractivity (Wildman–Crippen MR) is 79.3 cm³/mol. The van der Waals surface area contributed by atoms with Crippen LogP contribution in [0, 0.1) is 5.41 Å². The lowest BCUT2D eigenvalue weighted by atomic mass is 9.70. The molecule has 1 aliphatic rings. The molecule has 112 valence electrons. The van der Waals surface area contributed by atoms with Crippen molar-refractivity contribution in [1.82, 2.24) is 14.4 Å². The number of ether oxygens (including phenoxy) is 1. The van der Waals surface area contributed by atoms with E-state index in [-0.39, 0.29) is 11.9 Å². The maximum atomic E-state index is 12.0. The zero-order chi connectivity index (χ0) is 15.0. The number of esters is 1. The summed E-state index contributed by atoms with van der Waals surface area (Å²) >= 11 is 6.09. The van der Waals surface area contributed by atoms with Gasteiger partial charge in [0.2, 0.25) is 0 Å². The monoisotopic (exact) mass is 307 g/mol. The lowest BCUT2D eigenvalue weighted by Gasteiger charge is -2.35. The molecule has 6 heteroatoms. The van der Waals surface area contributed by atoms with Gasteiger partial charge >= 0.3 is 5.97 Å². The van der Waals surface area contributed by atoms with Crippen molar-refractivity contribution in [3.05, 3.63) is 29.6 Å². The Bertz CT molecular complexity index is 685. The standard InChI is InChI=1S/C15H18ClN3O2/c1-15(14(20)21-2)5-3-4-10(8-15)13-18-9-11-12(16)17-6-7-19(11)13/h6-7,9-10H,3-5,8H2,1-2H3. The van der Waals surface area contributed by atoms with Crippen LogP contribution in [0.3, 0.4) is 0 Å². The lowest BCUT2D eigenvalue weighted by molar-refractivity contribution is -0.154. The third-order valence-corrected chi connectivity index (χ3v) is 4.75. The van der Waals surface area contributed by atoms with Gasteiger partial charge in [-0.15, -0.1) is 0 Å². The van der Waals surface area contributed by atoms with E-state index in [0.717, 1.165) is 37.0 Å². The van der Waals surface area contributed by atoms with Gasteiger partial charge in [-0.05, 0) is 26.2 Å². The highest BCUT2D eigenvalue weighted by Crippen LogP contribution is 2.44. The number of fused-ring (bicyclic) bond motifs is 1. The largest absolute Gasteiger partial charge is 0.469 e. The summed E-state index contributed by atoms with van der Waals surface area (Å²) in [4.78, 5) is 20.6. The minimum Gasteiger partial charge on any atom is -0.469 e. The summed E-state index contributed by atoms with van der Waals surface area (Å²) in [5.74, 6) is 1.04. The highest BCUT2D eigenvalue weighted by Gasteiger charge is 2.41. The van der Waals surface area contributed by atoms with Gasteiger partial charge in [0.15, 0.2) is 5.15 Å². The first-order valence-electron chi connectivity index (χ1n) is 7.11. The molecule has 0 aliphatic heterocycles. The number of aromatic nitrogens is 3. The molecule has 1 aliphatic carbocycles. The van der Waals surface area contributed by atoms with Crippen molar-refractivity contribution in [2.75, 3.05) is 7.11 Å². The molecule has 0 radical (unpaired) electrons. The van der Waals surface area contributed by atoms with E-state index in [1.165, 1.54) is 7.11 Å². The SMILES string of the molecule is COC(=O)C1(C)CCCC(c2ncc3c(Cl)nccn23)C1. The smallest absolute Gasteiger partial charge is 0.311 e. The van der Waals surface area contributed by atoms with Gasteiger partial charge in [0.25, 0.3) is 0 Å². The molecule has 3 rings (SSSR count). The van der Waals surface area contributed by atoms with E-state index in [0.29, 0.717) is 5.15 Å². The fourth-order valence-electron chi connectivity index (χ4n) is 3.36. The number of carbonyl (C=O) groups is 1. The molecule has 0 aromatic carbocycles. The summed E-state index contributed by atoms with van der Waals surface area (Å²) in [6.45, 7) is 1.98. The quantitative estimate of drug-likeness (QED) is 0.799. The van der Waals surface area contributed by atoms with Crippen molar-refractivity contribution in [3.63, 3.8) is 0 Å². The Kier molecular flexibility index (Phi) is 3.61. The Morgan fingerprint density at radius 2 is 2.33 bits per heavy atom. The average Bonchev–Trinajstić information content (AvgIpc) is 2.92. The van der Waals surface area contributed by atoms with Crippen LogP contribution in [0.1, 0.15) is 44.3 Å². The van der Waals surface area contributed by atoms with Gasteiger partial charge in [-0.2, -0.15) is 0 Å². The Morgan fingerprint density at radius 3 is 3.10 bits per heavy atom. The summed E-state index contributed by atoms with van der Waals surface area (Å²) in [5.41, 5.74) is 0.375. The Balaban J connectivity index is 1.96. The molecule has 0 bridgehead atoms. The fraction of sp³-hybridized carbons (Fsp3) is 0.533. The number of halogens is 1. The molecular formula is C15H18ClN3O2. The van der Waals surface area contributed by atoms with Gasteiger partial charge in [-0.25, -0.2) is 9.97 Å². The van der Waals surface area contributed by atoms with Crippen molar-refractivity contribution in [1.29, 1.82) is 0 Å². The number of imidazole rings is 1. The molecule has 1 saturated carbocycles. The summed E-state index contributed by atoms with van der Waals surface area (Å²) in [7, 11) is 1.45. The van der Waals surface area contributed by atoms with Crippen LogP contribution < -0.4 is 0 Å². The molecule has 2 heterocycles. The van der Waals surface area contributed by atoms with Crippen molar-refractivity contribution >= 4 is 23.1 Å². The molecule has 0 spiro atoms. The third-order valence-electron chi connectivity index (χ3n) is 4.46. The van der Waals surface area contributed by atoms with Crippen molar-refractivity contribution in [3.8, 4) is 0 Å². The molecule has 0 amide bonds. The molecule has 2 aromatic heterocycles. The topological polar surface area (TPSA) is 56.5 Å². The van der Waals surface area contributed by atoms with E-state index >= 15 is 0 Å². The van der Waals surface area contributed by atoms with E-state index in [2.05, 4.69) is 9.97 Å². The number of nitrogens with zero attached hydrogens (tertiary/aromatic N) is 3. The first kappa shape index (κ1) is 14.3. The molecule has 1 fully saturated rings. The van der Waals surface area contributed by atoms with E-state index < -0.39 is 5.41 Å². The summed E-state index contributed by atoms with van der Waals surface area (Å²) < 4.78 is 6.94.